The zero-order chi connectivity index (χ0) is 12.3. The minimum absolute atomic E-state index is 0.120. The van der Waals surface area contributed by atoms with Crippen molar-refractivity contribution in [3.63, 3.8) is 0 Å². The van der Waals surface area contributed by atoms with E-state index in [1.807, 2.05) is 0 Å². The molecule has 17 heavy (non-hydrogen) atoms. The van der Waals surface area contributed by atoms with Gasteiger partial charge in [0, 0.05) is 18.8 Å². The number of hydrogen-bond donors (Lipinski definition) is 2. The Balaban J connectivity index is 2.17. The molecule has 1 amide bonds. The van der Waals surface area contributed by atoms with Crippen LogP contribution in [0.15, 0.2) is 18.3 Å². The molecule has 0 saturated carbocycles. The Hall–Kier alpha value is -2.18. The van der Waals surface area contributed by atoms with Gasteiger partial charge in [0.05, 0.1) is 4.92 Å². The first-order valence-corrected chi connectivity index (χ1v) is 5.32. The number of rotatable bonds is 3. The van der Waals surface area contributed by atoms with Gasteiger partial charge < -0.3 is 10.6 Å². The van der Waals surface area contributed by atoms with Crippen LogP contribution in [-0.2, 0) is 4.79 Å². The van der Waals surface area contributed by atoms with E-state index in [1.54, 1.807) is 0 Å². The smallest absolute Gasteiger partial charge is 0.311 e. The molecule has 1 fully saturated rings. The fourth-order valence-corrected chi connectivity index (χ4v) is 1.73. The Morgan fingerprint density at radius 1 is 1.59 bits per heavy atom. The highest BCUT2D eigenvalue weighted by atomic mass is 16.6. The highest BCUT2D eigenvalue weighted by Gasteiger charge is 2.25. The maximum absolute atomic E-state index is 11.5. The van der Waals surface area contributed by atoms with Gasteiger partial charge in [0.15, 0.2) is 0 Å². The van der Waals surface area contributed by atoms with Crippen LogP contribution in [0.1, 0.15) is 12.8 Å². The third-order valence-electron chi connectivity index (χ3n) is 2.58. The molecule has 2 heterocycles. The summed E-state index contributed by atoms with van der Waals surface area (Å²) < 4.78 is 0. The van der Waals surface area contributed by atoms with Crippen LogP contribution >= 0.6 is 0 Å². The van der Waals surface area contributed by atoms with Crippen LogP contribution in [0.25, 0.3) is 0 Å². The number of nitro groups is 1. The lowest BCUT2D eigenvalue weighted by atomic mass is 10.1. The van der Waals surface area contributed by atoms with Crippen LogP contribution in [0.5, 0.6) is 0 Å². The highest BCUT2D eigenvalue weighted by molar-refractivity contribution is 5.85. The first-order chi connectivity index (χ1) is 8.18. The van der Waals surface area contributed by atoms with Crippen LogP contribution in [0, 0.1) is 10.1 Å². The van der Waals surface area contributed by atoms with Crippen molar-refractivity contribution in [3.05, 3.63) is 28.4 Å². The van der Waals surface area contributed by atoms with Crippen molar-refractivity contribution in [1.82, 2.24) is 10.3 Å². The van der Waals surface area contributed by atoms with Gasteiger partial charge in [-0.25, -0.2) is 4.98 Å². The monoisotopic (exact) mass is 236 g/mol. The lowest BCUT2D eigenvalue weighted by molar-refractivity contribution is -0.384. The topological polar surface area (TPSA) is 97.2 Å². The Morgan fingerprint density at radius 2 is 2.41 bits per heavy atom. The van der Waals surface area contributed by atoms with Gasteiger partial charge >= 0.3 is 5.69 Å². The third-order valence-corrected chi connectivity index (χ3v) is 2.58. The number of nitrogens with zero attached hydrogens (tertiary/aromatic N) is 2. The summed E-state index contributed by atoms with van der Waals surface area (Å²) in [5, 5.41) is 16.3. The van der Waals surface area contributed by atoms with Crippen molar-refractivity contribution >= 4 is 17.4 Å². The van der Waals surface area contributed by atoms with E-state index < -0.39 is 11.0 Å². The molecule has 1 aromatic heterocycles. The second-order valence-electron chi connectivity index (χ2n) is 3.76. The maximum atomic E-state index is 11.5. The first-order valence-electron chi connectivity index (χ1n) is 5.32. The molecule has 1 saturated heterocycles. The summed E-state index contributed by atoms with van der Waals surface area (Å²) in [5.41, 5.74) is -0.120. The lowest BCUT2D eigenvalue weighted by Crippen LogP contribution is -2.44. The first kappa shape index (κ1) is 11.3. The number of pyridine rings is 1. The van der Waals surface area contributed by atoms with Gasteiger partial charge in [-0.1, -0.05) is 0 Å². The van der Waals surface area contributed by atoms with Crippen molar-refractivity contribution in [2.24, 2.45) is 0 Å². The minimum Gasteiger partial charge on any atom is -0.354 e. The fourth-order valence-electron chi connectivity index (χ4n) is 1.73. The summed E-state index contributed by atoms with van der Waals surface area (Å²) in [6, 6.07) is 2.40. The highest BCUT2D eigenvalue weighted by Crippen LogP contribution is 2.22. The zero-order valence-corrected chi connectivity index (χ0v) is 9.05. The molecule has 0 radical (unpaired) electrons. The summed E-state index contributed by atoms with van der Waals surface area (Å²) in [4.78, 5) is 25.7. The maximum Gasteiger partial charge on any atom is 0.311 e. The molecule has 0 aliphatic carbocycles. The van der Waals surface area contributed by atoms with E-state index in [0.29, 0.717) is 13.0 Å². The van der Waals surface area contributed by atoms with Gasteiger partial charge in [-0.2, -0.15) is 0 Å². The number of amides is 1. The Morgan fingerprint density at radius 3 is 3.12 bits per heavy atom. The standard InChI is InChI=1S/C10H12N4O3/c15-10-7(3-1-6-12-10)13-9-8(14(16)17)4-2-5-11-9/h2,4-5,7H,1,3,6H2,(H,11,13)(H,12,15). The Bertz CT molecular complexity index is 449. The normalized spacial score (nSPS) is 19.5. The zero-order valence-electron chi connectivity index (χ0n) is 9.05. The molecule has 1 aliphatic rings. The van der Waals surface area contributed by atoms with Crippen LogP contribution in [0.2, 0.25) is 0 Å². The summed E-state index contributed by atoms with van der Waals surface area (Å²) in [6.45, 7) is 0.654. The van der Waals surface area contributed by atoms with Crippen LogP contribution in [0.4, 0.5) is 11.5 Å². The molecule has 7 heteroatoms. The molecule has 1 atom stereocenters. The quantitative estimate of drug-likeness (QED) is 0.594. The van der Waals surface area contributed by atoms with Gasteiger partial charge in [0.2, 0.25) is 11.7 Å². The number of hydrogen-bond acceptors (Lipinski definition) is 5. The second-order valence-corrected chi connectivity index (χ2v) is 3.76. The molecule has 7 nitrogen and oxygen atoms in total. The van der Waals surface area contributed by atoms with E-state index in [-0.39, 0.29) is 17.4 Å². The van der Waals surface area contributed by atoms with Crippen LogP contribution < -0.4 is 10.6 Å². The van der Waals surface area contributed by atoms with Gasteiger partial charge in [-0.3, -0.25) is 14.9 Å². The molecule has 1 aliphatic heterocycles. The van der Waals surface area contributed by atoms with E-state index in [0.717, 1.165) is 6.42 Å². The number of nitrogens with one attached hydrogen (secondary N) is 2. The number of carbonyl (C=O) groups is 1. The molecular formula is C10H12N4O3. The van der Waals surface area contributed by atoms with Gasteiger partial charge in [0.1, 0.15) is 6.04 Å². The third kappa shape index (κ3) is 2.49. The van der Waals surface area contributed by atoms with Gasteiger partial charge in [-0.05, 0) is 18.9 Å². The van der Waals surface area contributed by atoms with Crippen molar-refractivity contribution in [1.29, 1.82) is 0 Å². The summed E-state index contributed by atoms with van der Waals surface area (Å²) in [7, 11) is 0. The fraction of sp³-hybridized carbons (Fsp3) is 0.400. The molecule has 1 unspecified atom stereocenters. The lowest BCUT2D eigenvalue weighted by Gasteiger charge is -2.22. The predicted octanol–water partition coefficient (Wildman–Crippen LogP) is 0.680. The van der Waals surface area contributed by atoms with Crippen LogP contribution in [0.3, 0.4) is 0 Å². The molecule has 1 aromatic rings. The number of piperidine rings is 1. The van der Waals surface area contributed by atoms with Gasteiger partial charge in [-0.15, -0.1) is 0 Å². The van der Waals surface area contributed by atoms with E-state index in [2.05, 4.69) is 15.6 Å². The SMILES string of the molecule is O=C1NCCCC1Nc1ncccc1[N+](=O)[O-]. The Kier molecular flexibility index (Phi) is 3.17. The number of aromatic nitrogens is 1. The molecule has 0 aromatic carbocycles. The van der Waals surface area contributed by atoms with Crippen molar-refractivity contribution in [2.75, 3.05) is 11.9 Å². The molecule has 2 N–H and O–H groups in total. The van der Waals surface area contributed by atoms with E-state index in [9.17, 15) is 14.9 Å². The summed E-state index contributed by atoms with van der Waals surface area (Å²) in [5.74, 6) is -0.00393. The molecule has 0 bridgehead atoms. The van der Waals surface area contributed by atoms with Crippen LogP contribution in [-0.4, -0.2) is 28.4 Å². The molecule has 90 valence electrons. The Labute approximate surface area is 97.4 Å². The average Bonchev–Trinajstić information content (AvgIpc) is 2.32. The van der Waals surface area contributed by atoms with Crippen molar-refractivity contribution < 1.29 is 9.72 Å². The summed E-state index contributed by atoms with van der Waals surface area (Å²) >= 11 is 0. The molecular weight excluding hydrogens is 224 g/mol. The average molecular weight is 236 g/mol. The molecule has 0 spiro atoms. The van der Waals surface area contributed by atoms with Crippen molar-refractivity contribution in [3.8, 4) is 0 Å². The minimum atomic E-state index is -0.518. The number of carbonyl (C=O) groups excluding carboxylic acids is 1. The van der Waals surface area contributed by atoms with E-state index >= 15 is 0 Å². The molecule has 2 rings (SSSR count). The van der Waals surface area contributed by atoms with Crippen molar-refractivity contribution in [2.45, 2.75) is 18.9 Å². The van der Waals surface area contributed by atoms with E-state index in [1.165, 1.54) is 18.3 Å². The predicted molar refractivity (Wildman–Crippen MR) is 60.5 cm³/mol. The largest absolute Gasteiger partial charge is 0.354 e. The number of anilines is 1. The van der Waals surface area contributed by atoms with E-state index in [4.69, 9.17) is 0 Å². The summed E-state index contributed by atoms with van der Waals surface area (Å²) in [6.07, 6.45) is 2.96. The second kappa shape index (κ2) is 4.77. The van der Waals surface area contributed by atoms with Gasteiger partial charge in [0.25, 0.3) is 0 Å².